The molecule has 118 valence electrons. The highest BCUT2D eigenvalue weighted by Crippen LogP contribution is 2.21. The Bertz CT molecular complexity index is 854. The fourth-order valence-corrected chi connectivity index (χ4v) is 2.47. The second-order valence-electron chi connectivity index (χ2n) is 5.51. The molecule has 2 heterocycles. The van der Waals surface area contributed by atoms with Gasteiger partial charge in [-0.25, -0.2) is 14.8 Å². The third kappa shape index (κ3) is 2.95. The van der Waals surface area contributed by atoms with E-state index in [9.17, 15) is 4.79 Å². The van der Waals surface area contributed by atoms with Gasteiger partial charge in [0.25, 0.3) is 0 Å². The molecule has 3 aromatic rings. The third-order valence-corrected chi connectivity index (χ3v) is 3.99. The molecule has 0 saturated heterocycles. The molecule has 0 bridgehead atoms. The van der Waals surface area contributed by atoms with E-state index in [4.69, 9.17) is 4.74 Å². The lowest BCUT2D eigenvalue weighted by Gasteiger charge is -2.09. The van der Waals surface area contributed by atoms with Gasteiger partial charge in [0, 0.05) is 6.42 Å². The van der Waals surface area contributed by atoms with Crippen LogP contribution < -0.4 is 0 Å². The molecule has 3 rings (SSSR count). The van der Waals surface area contributed by atoms with Crippen molar-refractivity contribution in [3.8, 4) is 0 Å². The van der Waals surface area contributed by atoms with E-state index in [1.54, 1.807) is 0 Å². The van der Waals surface area contributed by atoms with Gasteiger partial charge >= 0.3 is 5.97 Å². The van der Waals surface area contributed by atoms with Crippen LogP contribution in [-0.4, -0.2) is 20.9 Å². The van der Waals surface area contributed by atoms with Gasteiger partial charge in [-0.05, 0) is 30.5 Å². The third-order valence-electron chi connectivity index (χ3n) is 3.99. The number of carbonyl (C=O) groups excluding carboxylic acids is 1. The molecular formula is C18H19N3O2. The first-order valence-electron chi connectivity index (χ1n) is 7.67. The lowest BCUT2D eigenvalue weighted by Crippen LogP contribution is -2.11. The number of aromatic nitrogens is 3. The number of aryl methyl sites for hydroxylation is 2. The number of carbonyl (C=O) groups is 1. The van der Waals surface area contributed by atoms with Crippen LogP contribution in [0.5, 0.6) is 0 Å². The van der Waals surface area contributed by atoms with Crippen LogP contribution >= 0.6 is 0 Å². The number of esters is 1. The van der Waals surface area contributed by atoms with Gasteiger partial charge in [-0.1, -0.05) is 37.3 Å². The zero-order valence-electron chi connectivity index (χ0n) is 13.5. The molecule has 1 aromatic carbocycles. The highest BCUT2D eigenvalue weighted by atomic mass is 16.5. The molecule has 0 fully saturated rings. The van der Waals surface area contributed by atoms with E-state index in [2.05, 4.69) is 15.0 Å². The summed E-state index contributed by atoms with van der Waals surface area (Å²) >= 11 is 0. The van der Waals surface area contributed by atoms with E-state index >= 15 is 0 Å². The van der Waals surface area contributed by atoms with Crippen molar-refractivity contribution in [2.45, 2.75) is 33.8 Å². The Morgan fingerprint density at radius 1 is 1.13 bits per heavy atom. The molecule has 1 N–H and O–H groups in total. The molecule has 0 radical (unpaired) electrons. The van der Waals surface area contributed by atoms with E-state index in [0.29, 0.717) is 11.3 Å². The normalized spacial score (nSPS) is 10.9. The van der Waals surface area contributed by atoms with Gasteiger partial charge in [0.1, 0.15) is 12.4 Å². The summed E-state index contributed by atoms with van der Waals surface area (Å²) in [6, 6.07) is 9.60. The number of rotatable bonds is 4. The average molecular weight is 309 g/mol. The largest absolute Gasteiger partial charge is 0.456 e. The topological polar surface area (TPSA) is 67.9 Å². The summed E-state index contributed by atoms with van der Waals surface area (Å²) in [5, 5.41) is 0. The maximum absolute atomic E-state index is 12.4. The summed E-state index contributed by atoms with van der Waals surface area (Å²) in [5.41, 5.74) is 4.54. The van der Waals surface area contributed by atoms with Gasteiger partial charge in [-0.2, -0.15) is 0 Å². The monoisotopic (exact) mass is 309 g/mol. The smallest absolute Gasteiger partial charge is 0.357 e. The molecule has 0 aliphatic heterocycles. The average Bonchev–Trinajstić information content (AvgIpc) is 3.00. The number of hydrogen-bond acceptors (Lipinski definition) is 4. The number of pyridine rings is 1. The van der Waals surface area contributed by atoms with E-state index in [0.717, 1.165) is 34.5 Å². The molecule has 0 spiro atoms. The van der Waals surface area contributed by atoms with Crippen LogP contribution in [0.1, 0.15) is 39.9 Å². The first-order valence-corrected chi connectivity index (χ1v) is 7.67. The molecule has 0 aliphatic carbocycles. The van der Waals surface area contributed by atoms with Crippen molar-refractivity contribution in [3.63, 3.8) is 0 Å². The molecule has 0 atom stereocenters. The summed E-state index contributed by atoms with van der Waals surface area (Å²) in [6.45, 7) is 6.10. The van der Waals surface area contributed by atoms with Crippen LogP contribution in [0.2, 0.25) is 0 Å². The Hall–Kier alpha value is -2.69. The van der Waals surface area contributed by atoms with Crippen LogP contribution in [0.25, 0.3) is 11.2 Å². The Morgan fingerprint density at radius 2 is 1.87 bits per heavy atom. The van der Waals surface area contributed by atoms with Crippen LogP contribution in [0, 0.1) is 13.8 Å². The van der Waals surface area contributed by atoms with Crippen molar-refractivity contribution >= 4 is 17.1 Å². The molecule has 0 saturated carbocycles. The van der Waals surface area contributed by atoms with Crippen molar-refractivity contribution in [1.29, 1.82) is 0 Å². The SMILES string of the molecule is CCc1nc2nc(C(=O)OCc3ccccc3)c(C)c(C)c2[nH]1. The van der Waals surface area contributed by atoms with Gasteiger partial charge in [0.15, 0.2) is 11.3 Å². The number of benzene rings is 1. The summed E-state index contributed by atoms with van der Waals surface area (Å²) in [4.78, 5) is 24.5. The maximum atomic E-state index is 12.4. The summed E-state index contributed by atoms with van der Waals surface area (Å²) in [5.74, 6) is 0.446. The number of aromatic amines is 1. The standard InChI is InChI=1S/C18H19N3O2/c1-4-14-19-15-11(2)12(3)16(21-17(15)20-14)18(22)23-10-13-8-6-5-7-9-13/h5-9H,4,10H2,1-3H3,(H,19,20,21). The van der Waals surface area contributed by atoms with Crippen molar-refractivity contribution in [2.75, 3.05) is 0 Å². The minimum absolute atomic E-state index is 0.235. The Morgan fingerprint density at radius 3 is 2.57 bits per heavy atom. The number of H-pyrrole nitrogens is 1. The Labute approximate surface area is 134 Å². The molecule has 23 heavy (non-hydrogen) atoms. The molecule has 2 aromatic heterocycles. The molecule has 5 nitrogen and oxygen atoms in total. The first kappa shape index (κ1) is 15.2. The zero-order chi connectivity index (χ0) is 16.4. The number of ether oxygens (including phenoxy) is 1. The number of imidazole rings is 1. The molecular weight excluding hydrogens is 290 g/mol. The predicted molar refractivity (Wildman–Crippen MR) is 88.3 cm³/mol. The van der Waals surface area contributed by atoms with Crippen LogP contribution in [-0.2, 0) is 17.8 Å². The van der Waals surface area contributed by atoms with E-state index < -0.39 is 5.97 Å². The van der Waals surface area contributed by atoms with Crippen molar-refractivity contribution < 1.29 is 9.53 Å². The first-order chi connectivity index (χ1) is 11.1. The quantitative estimate of drug-likeness (QED) is 0.749. The summed E-state index contributed by atoms with van der Waals surface area (Å²) in [7, 11) is 0. The second-order valence-corrected chi connectivity index (χ2v) is 5.51. The highest BCUT2D eigenvalue weighted by molar-refractivity contribution is 5.92. The predicted octanol–water partition coefficient (Wildman–Crippen LogP) is 3.49. The second kappa shape index (κ2) is 6.20. The van der Waals surface area contributed by atoms with Gasteiger partial charge in [0.05, 0.1) is 5.52 Å². The maximum Gasteiger partial charge on any atom is 0.357 e. The van der Waals surface area contributed by atoms with E-state index in [1.807, 2.05) is 51.1 Å². The van der Waals surface area contributed by atoms with Crippen LogP contribution in [0.15, 0.2) is 30.3 Å². The lowest BCUT2D eigenvalue weighted by molar-refractivity contribution is 0.0465. The van der Waals surface area contributed by atoms with Gasteiger partial charge in [0.2, 0.25) is 0 Å². The Balaban J connectivity index is 1.89. The number of hydrogen-bond donors (Lipinski definition) is 1. The summed E-state index contributed by atoms with van der Waals surface area (Å²) < 4.78 is 5.39. The van der Waals surface area contributed by atoms with E-state index in [-0.39, 0.29) is 6.61 Å². The molecule has 0 aliphatic rings. The van der Waals surface area contributed by atoms with Crippen molar-refractivity contribution in [3.05, 3.63) is 58.5 Å². The number of fused-ring (bicyclic) bond motifs is 1. The van der Waals surface area contributed by atoms with Gasteiger partial charge in [-0.15, -0.1) is 0 Å². The van der Waals surface area contributed by atoms with E-state index in [1.165, 1.54) is 0 Å². The number of nitrogens with one attached hydrogen (secondary N) is 1. The minimum atomic E-state index is -0.419. The molecule has 0 unspecified atom stereocenters. The van der Waals surface area contributed by atoms with Gasteiger partial charge < -0.3 is 9.72 Å². The fraction of sp³-hybridized carbons (Fsp3) is 0.278. The van der Waals surface area contributed by atoms with Gasteiger partial charge in [-0.3, -0.25) is 0 Å². The van der Waals surface area contributed by atoms with Crippen molar-refractivity contribution in [1.82, 2.24) is 15.0 Å². The van der Waals surface area contributed by atoms with Crippen LogP contribution in [0.3, 0.4) is 0 Å². The number of nitrogens with zero attached hydrogens (tertiary/aromatic N) is 2. The van der Waals surface area contributed by atoms with Crippen LogP contribution in [0.4, 0.5) is 0 Å². The highest BCUT2D eigenvalue weighted by Gasteiger charge is 2.18. The minimum Gasteiger partial charge on any atom is -0.456 e. The molecule has 0 amide bonds. The summed E-state index contributed by atoms with van der Waals surface area (Å²) in [6.07, 6.45) is 0.794. The lowest BCUT2D eigenvalue weighted by atomic mass is 10.1. The zero-order valence-corrected chi connectivity index (χ0v) is 13.5. The molecule has 5 heteroatoms. The Kier molecular flexibility index (Phi) is 4.10. The van der Waals surface area contributed by atoms with Crippen molar-refractivity contribution in [2.24, 2.45) is 0 Å². The fourth-order valence-electron chi connectivity index (χ4n) is 2.47.